The highest BCUT2D eigenvalue weighted by Gasteiger charge is 2.27. The summed E-state index contributed by atoms with van der Waals surface area (Å²) in [6.07, 6.45) is 0.413. The number of carboxylic acid groups (broad SMARTS) is 1. The molecular weight excluding hydrogens is 374 g/mol. The second-order valence-corrected chi connectivity index (χ2v) is 7.69. The minimum absolute atomic E-state index is 0.0763. The second-order valence-electron chi connectivity index (χ2n) is 6.04. The normalized spacial score (nSPS) is 12.6. The minimum atomic E-state index is -3.95. The molecule has 0 aliphatic rings. The lowest BCUT2D eigenvalue weighted by Crippen LogP contribution is -2.45. The molecule has 1 aromatic heterocycles. The molecule has 0 saturated heterocycles. The second kappa shape index (κ2) is 8.31. The molecule has 1 amide bonds. The van der Waals surface area contributed by atoms with E-state index in [1.807, 2.05) is 0 Å². The third-order valence-corrected chi connectivity index (χ3v) is 5.63. The number of carboxylic acids is 1. The molecule has 0 aliphatic carbocycles. The zero-order valence-corrected chi connectivity index (χ0v) is 16.0. The molecule has 0 aliphatic heterocycles. The van der Waals surface area contributed by atoms with Crippen molar-refractivity contribution >= 4 is 21.9 Å². The Morgan fingerprint density at radius 2 is 2.00 bits per heavy atom. The molecule has 0 radical (unpaired) electrons. The highest BCUT2D eigenvalue weighted by atomic mass is 32.2. The summed E-state index contributed by atoms with van der Waals surface area (Å²) in [6, 6.07) is 5.38. The number of sulfonamides is 1. The van der Waals surface area contributed by atoms with Crippen LogP contribution >= 0.6 is 0 Å². The number of benzene rings is 1. The van der Waals surface area contributed by atoms with Gasteiger partial charge < -0.3 is 14.9 Å². The molecule has 27 heavy (non-hydrogen) atoms. The van der Waals surface area contributed by atoms with E-state index in [0.29, 0.717) is 6.42 Å². The van der Waals surface area contributed by atoms with Gasteiger partial charge in [-0.1, -0.05) is 17.3 Å². The van der Waals surface area contributed by atoms with Crippen LogP contribution in [0.2, 0.25) is 0 Å². The molecule has 3 N–H and O–H groups in total. The monoisotopic (exact) mass is 395 g/mol. The fourth-order valence-electron chi connectivity index (χ4n) is 2.55. The number of carbonyl (C=O) groups excluding carboxylic acids is 1. The van der Waals surface area contributed by atoms with E-state index in [2.05, 4.69) is 15.2 Å². The molecule has 2 aromatic rings. The van der Waals surface area contributed by atoms with Gasteiger partial charge in [-0.15, -0.1) is 0 Å². The molecule has 0 fully saturated rings. The average Bonchev–Trinajstić information content (AvgIpc) is 2.94. The average molecular weight is 395 g/mol. The Morgan fingerprint density at radius 1 is 1.30 bits per heavy atom. The Bertz CT molecular complexity index is 932. The smallest absolute Gasteiger partial charge is 0.335 e. The summed E-state index contributed by atoms with van der Waals surface area (Å²) in [6.45, 7) is 4.64. The van der Waals surface area contributed by atoms with Crippen LogP contribution in [0, 0.1) is 13.8 Å². The standard InChI is InChI=1S/C17H21N3O6S/c1-10-15(12(3)26-19-10)27(24,25)20-11(2)16(21)18-8-7-13-5-4-6-14(9-13)17(22)23/h4-6,9,11,20H,7-8H2,1-3H3,(H,18,21)(H,22,23). The number of carbonyl (C=O) groups is 2. The molecule has 0 saturated carbocycles. The molecule has 1 unspecified atom stereocenters. The number of aromatic nitrogens is 1. The van der Waals surface area contributed by atoms with Crippen LogP contribution in [0.1, 0.15) is 34.3 Å². The minimum Gasteiger partial charge on any atom is -0.478 e. The highest BCUT2D eigenvalue weighted by Crippen LogP contribution is 2.18. The number of aromatic carboxylic acids is 1. The van der Waals surface area contributed by atoms with Gasteiger partial charge in [0.05, 0.1) is 11.6 Å². The van der Waals surface area contributed by atoms with Gasteiger partial charge in [-0.3, -0.25) is 4.79 Å². The van der Waals surface area contributed by atoms with Crippen molar-refractivity contribution in [3.63, 3.8) is 0 Å². The summed E-state index contributed by atoms with van der Waals surface area (Å²) < 4.78 is 31.9. The number of nitrogens with zero attached hydrogens (tertiary/aromatic N) is 1. The van der Waals surface area contributed by atoms with Gasteiger partial charge >= 0.3 is 5.97 Å². The Labute approximate surface area is 156 Å². The van der Waals surface area contributed by atoms with Gasteiger partial charge in [-0.25, -0.2) is 13.2 Å². The number of rotatable bonds is 8. The van der Waals surface area contributed by atoms with Crippen LogP contribution in [0.3, 0.4) is 0 Å². The maximum atomic E-state index is 12.4. The molecule has 2 rings (SSSR count). The summed E-state index contributed by atoms with van der Waals surface area (Å²) in [5.41, 5.74) is 1.13. The van der Waals surface area contributed by atoms with Gasteiger partial charge in [0, 0.05) is 6.54 Å². The van der Waals surface area contributed by atoms with Crippen molar-refractivity contribution in [2.45, 2.75) is 38.1 Å². The number of nitrogens with one attached hydrogen (secondary N) is 2. The summed E-state index contributed by atoms with van der Waals surface area (Å²) in [4.78, 5) is 23.0. The van der Waals surface area contributed by atoms with E-state index in [4.69, 9.17) is 9.63 Å². The molecular formula is C17H21N3O6S. The van der Waals surface area contributed by atoms with Crippen molar-refractivity contribution in [3.05, 3.63) is 46.8 Å². The van der Waals surface area contributed by atoms with Crippen molar-refractivity contribution in [2.75, 3.05) is 6.54 Å². The fraction of sp³-hybridized carbons (Fsp3) is 0.353. The molecule has 146 valence electrons. The maximum absolute atomic E-state index is 12.4. The van der Waals surface area contributed by atoms with Gasteiger partial charge in [0.15, 0.2) is 5.76 Å². The Hall–Kier alpha value is -2.72. The lowest BCUT2D eigenvalue weighted by atomic mass is 10.1. The Balaban J connectivity index is 1.92. The van der Waals surface area contributed by atoms with Crippen LogP contribution in [0.15, 0.2) is 33.7 Å². The number of hydrogen-bond acceptors (Lipinski definition) is 6. The molecule has 1 heterocycles. The fourth-order valence-corrected chi connectivity index (χ4v) is 4.08. The third-order valence-electron chi connectivity index (χ3n) is 3.85. The van der Waals surface area contributed by atoms with Crippen molar-refractivity contribution in [1.29, 1.82) is 0 Å². The van der Waals surface area contributed by atoms with E-state index >= 15 is 0 Å². The SMILES string of the molecule is Cc1noc(C)c1S(=O)(=O)NC(C)C(=O)NCCc1cccc(C(=O)O)c1. The lowest BCUT2D eigenvalue weighted by molar-refractivity contribution is -0.122. The molecule has 0 spiro atoms. The van der Waals surface area contributed by atoms with E-state index in [9.17, 15) is 18.0 Å². The number of hydrogen-bond donors (Lipinski definition) is 3. The molecule has 9 nitrogen and oxygen atoms in total. The van der Waals surface area contributed by atoms with Crippen LogP contribution in [0.5, 0.6) is 0 Å². The van der Waals surface area contributed by atoms with E-state index in [-0.39, 0.29) is 28.5 Å². The number of aryl methyl sites for hydroxylation is 2. The van der Waals surface area contributed by atoms with Gasteiger partial charge in [-0.2, -0.15) is 4.72 Å². The summed E-state index contributed by atoms with van der Waals surface area (Å²) in [7, 11) is -3.95. The molecule has 1 atom stereocenters. The predicted molar refractivity (Wildman–Crippen MR) is 95.9 cm³/mol. The summed E-state index contributed by atoms with van der Waals surface area (Å²) >= 11 is 0. The molecule has 10 heteroatoms. The topological polar surface area (TPSA) is 139 Å². The van der Waals surface area contributed by atoms with Crippen LogP contribution < -0.4 is 10.0 Å². The zero-order chi connectivity index (χ0) is 20.2. The van der Waals surface area contributed by atoms with Crippen molar-refractivity contribution < 1.29 is 27.6 Å². The first kappa shape index (κ1) is 20.6. The molecule has 1 aromatic carbocycles. The van der Waals surface area contributed by atoms with Crippen molar-refractivity contribution in [3.8, 4) is 0 Å². The van der Waals surface area contributed by atoms with E-state index in [1.54, 1.807) is 12.1 Å². The van der Waals surface area contributed by atoms with Crippen LogP contribution in [-0.2, 0) is 21.2 Å². The zero-order valence-electron chi connectivity index (χ0n) is 15.1. The van der Waals surface area contributed by atoms with Crippen LogP contribution in [0.25, 0.3) is 0 Å². The maximum Gasteiger partial charge on any atom is 0.335 e. The highest BCUT2D eigenvalue weighted by molar-refractivity contribution is 7.89. The first-order chi connectivity index (χ1) is 12.6. The first-order valence-corrected chi connectivity index (χ1v) is 9.65. The van der Waals surface area contributed by atoms with Crippen molar-refractivity contribution in [2.24, 2.45) is 0 Å². The third kappa shape index (κ3) is 5.14. The lowest BCUT2D eigenvalue weighted by Gasteiger charge is -2.14. The summed E-state index contributed by atoms with van der Waals surface area (Å²) in [5.74, 6) is -1.38. The van der Waals surface area contributed by atoms with E-state index in [0.717, 1.165) is 5.56 Å². The largest absolute Gasteiger partial charge is 0.478 e. The van der Waals surface area contributed by atoms with E-state index in [1.165, 1.54) is 32.9 Å². The summed E-state index contributed by atoms with van der Waals surface area (Å²) in [5, 5.41) is 15.2. The predicted octanol–water partition coefficient (Wildman–Crippen LogP) is 1.02. The van der Waals surface area contributed by atoms with Crippen LogP contribution in [0.4, 0.5) is 0 Å². The van der Waals surface area contributed by atoms with Gasteiger partial charge in [0.2, 0.25) is 15.9 Å². The van der Waals surface area contributed by atoms with Gasteiger partial charge in [0.1, 0.15) is 10.6 Å². The number of amides is 1. The Kier molecular flexibility index (Phi) is 6.34. The van der Waals surface area contributed by atoms with Gasteiger partial charge in [0.25, 0.3) is 0 Å². The van der Waals surface area contributed by atoms with Gasteiger partial charge in [-0.05, 0) is 44.9 Å². The van der Waals surface area contributed by atoms with Crippen LogP contribution in [-0.4, -0.2) is 43.1 Å². The Morgan fingerprint density at radius 3 is 2.59 bits per heavy atom. The van der Waals surface area contributed by atoms with E-state index < -0.39 is 27.9 Å². The molecule has 0 bridgehead atoms. The van der Waals surface area contributed by atoms with Crippen molar-refractivity contribution in [1.82, 2.24) is 15.2 Å². The first-order valence-electron chi connectivity index (χ1n) is 8.17. The quantitative estimate of drug-likeness (QED) is 0.606.